The van der Waals surface area contributed by atoms with Crippen LogP contribution in [0.2, 0.25) is 5.02 Å². The lowest BCUT2D eigenvalue weighted by Gasteiger charge is -2.11. The summed E-state index contributed by atoms with van der Waals surface area (Å²) in [6.07, 6.45) is 0.195. The Kier molecular flexibility index (Phi) is 4.24. The van der Waals surface area contributed by atoms with Crippen LogP contribution in [0.15, 0.2) is 22.7 Å². The SMILES string of the molecule is CCC(C#N)Oc1cc(Br)ccc1Cl. The summed E-state index contributed by atoms with van der Waals surface area (Å²) in [6, 6.07) is 7.35. The average molecular weight is 275 g/mol. The number of benzene rings is 1. The molecule has 14 heavy (non-hydrogen) atoms. The maximum absolute atomic E-state index is 8.72. The van der Waals surface area contributed by atoms with Crippen LogP contribution in [0.1, 0.15) is 13.3 Å². The molecule has 1 rings (SSSR count). The highest BCUT2D eigenvalue weighted by molar-refractivity contribution is 9.10. The van der Waals surface area contributed by atoms with Gasteiger partial charge in [-0.15, -0.1) is 0 Å². The first-order valence-electron chi connectivity index (χ1n) is 4.18. The van der Waals surface area contributed by atoms with Gasteiger partial charge in [-0.25, -0.2) is 0 Å². The van der Waals surface area contributed by atoms with Crippen LogP contribution in [0, 0.1) is 11.3 Å². The molecule has 0 N–H and O–H groups in total. The van der Waals surface area contributed by atoms with Crippen LogP contribution in [-0.2, 0) is 0 Å². The molecule has 0 aromatic heterocycles. The first kappa shape index (κ1) is 11.4. The van der Waals surface area contributed by atoms with E-state index in [1.807, 2.05) is 13.0 Å². The van der Waals surface area contributed by atoms with E-state index in [4.69, 9.17) is 21.6 Å². The van der Waals surface area contributed by atoms with Crippen LogP contribution in [-0.4, -0.2) is 6.10 Å². The molecule has 0 saturated heterocycles. The lowest BCUT2D eigenvalue weighted by Crippen LogP contribution is -2.12. The number of nitrogens with zero attached hydrogens (tertiary/aromatic N) is 1. The van der Waals surface area contributed by atoms with Gasteiger partial charge in [0.2, 0.25) is 0 Å². The molecular weight excluding hydrogens is 265 g/mol. The summed E-state index contributed by atoms with van der Waals surface area (Å²) in [6.45, 7) is 1.89. The standard InChI is InChI=1S/C10H9BrClNO/c1-2-8(6-13)14-10-5-7(11)3-4-9(10)12/h3-5,8H,2H2,1H3. The summed E-state index contributed by atoms with van der Waals surface area (Å²) in [5.41, 5.74) is 0. The third-order valence-electron chi connectivity index (χ3n) is 1.68. The normalized spacial score (nSPS) is 11.9. The van der Waals surface area contributed by atoms with Gasteiger partial charge in [0.15, 0.2) is 6.10 Å². The number of hydrogen-bond acceptors (Lipinski definition) is 2. The van der Waals surface area contributed by atoms with Crippen molar-refractivity contribution in [2.45, 2.75) is 19.4 Å². The van der Waals surface area contributed by atoms with E-state index in [9.17, 15) is 0 Å². The van der Waals surface area contributed by atoms with Gasteiger partial charge >= 0.3 is 0 Å². The van der Waals surface area contributed by atoms with Crippen LogP contribution < -0.4 is 4.74 Å². The first-order chi connectivity index (χ1) is 6.67. The average Bonchev–Trinajstić information content (AvgIpc) is 2.19. The molecule has 1 aromatic carbocycles. The fourth-order valence-electron chi connectivity index (χ4n) is 0.922. The maximum Gasteiger partial charge on any atom is 0.184 e. The topological polar surface area (TPSA) is 33.0 Å². The van der Waals surface area contributed by atoms with Gasteiger partial charge in [0, 0.05) is 4.47 Å². The van der Waals surface area contributed by atoms with Crippen LogP contribution >= 0.6 is 27.5 Å². The van der Waals surface area contributed by atoms with Gasteiger partial charge in [-0.2, -0.15) is 5.26 Å². The van der Waals surface area contributed by atoms with Gasteiger partial charge in [0.05, 0.1) is 5.02 Å². The molecule has 0 fully saturated rings. The lowest BCUT2D eigenvalue weighted by molar-refractivity contribution is 0.252. The Morgan fingerprint density at radius 2 is 2.36 bits per heavy atom. The highest BCUT2D eigenvalue weighted by Crippen LogP contribution is 2.28. The van der Waals surface area contributed by atoms with Crippen molar-refractivity contribution in [2.24, 2.45) is 0 Å². The Labute approximate surface area is 96.6 Å². The lowest BCUT2D eigenvalue weighted by atomic mass is 10.3. The largest absolute Gasteiger partial charge is 0.474 e. The van der Waals surface area contributed by atoms with Crippen molar-refractivity contribution in [1.82, 2.24) is 0 Å². The third kappa shape index (κ3) is 2.90. The van der Waals surface area contributed by atoms with E-state index >= 15 is 0 Å². The van der Waals surface area contributed by atoms with Crippen LogP contribution in [0.5, 0.6) is 5.75 Å². The van der Waals surface area contributed by atoms with Crippen molar-refractivity contribution in [3.05, 3.63) is 27.7 Å². The second kappa shape index (κ2) is 5.23. The predicted molar refractivity (Wildman–Crippen MR) is 59.5 cm³/mol. The summed E-state index contributed by atoms with van der Waals surface area (Å²) < 4.78 is 6.28. The molecule has 0 radical (unpaired) electrons. The minimum absolute atomic E-state index is 0.443. The van der Waals surface area contributed by atoms with Crippen molar-refractivity contribution >= 4 is 27.5 Å². The maximum atomic E-state index is 8.72. The van der Waals surface area contributed by atoms with E-state index in [0.29, 0.717) is 17.2 Å². The van der Waals surface area contributed by atoms with Gasteiger partial charge < -0.3 is 4.74 Å². The van der Waals surface area contributed by atoms with E-state index in [-0.39, 0.29) is 0 Å². The van der Waals surface area contributed by atoms with Crippen LogP contribution in [0.4, 0.5) is 0 Å². The number of halogens is 2. The van der Waals surface area contributed by atoms with E-state index in [0.717, 1.165) is 4.47 Å². The number of hydrogen-bond donors (Lipinski definition) is 0. The van der Waals surface area contributed by atoms with Crippen molar-refractivity contribution < 1.29 is 4.74 Å². The van der Waals surface area contributed by atoms with Gasteiger partial charge in [0.1, 0.15) is 11.8 Å². The summed E-state index contributed by atoms with van der Waals surface area (Å²) in [4.78, 5) is 0. The van der Waals surface area contributed by atoms with Gasteiger partial charge in [-0.05, 0) is 24.6 Å². The predicted octanol–water partition coefficient (Wildman–Crippen LogP) is 3.78. The molecular formula is C10H9BrClNO. The molecule has 74 valence electrons. The Morgan fingerprint density at radius 1 is 1.64 bits per heavy atom. The highest BCUT2D eigenvalue weighted by atomic mass is 79.9. The van der Waals surface area contributed by atoms with Crippen molar-refractivity contribution in [1.29, 1.82) is 5.26 Å². The molecule has 1 aromatic rings. The minimum Gasteiger partial charge on any atom is -0.474 e. The molecule has 1 atom stereocenters. The molecule has 0 aliphatic carbocycles. The Morgan fingerprint density at radius 3 is 2.93 bits per heavy atom. The molecule has 0 heterocycles. The van der Waals surface area contributed by atoms with E-state index in [1.165, 1.54) is 0 Å². The number of ether oxygens (including phenoxy) is 1. The van der Waals surface area contributed by atoms with Gasteiger partial charge in [0.25, 0.3) is 0 Å². The monoisotopic (exact) mass is 273 g/mol. The Hall–Kier alpha value is -0.720. The second-order valence-corrected chi connectivity index (χ2v) is 4.04. The quantitative estimate of drug-likeness (QED) is 0.840. The molecule has 0 aliphatic heterocycles. The highest BCUT2D eigenvalue weighted by Gasteiger charge is 2.09. The first-order valence-corrected chi connectivity index (χ1v) is 5.35. The molecule has 0 spiro atoms. The molecule has 0 aliphatic rings. The summed E-state index contributed by atoms with van der Waals surface area (Å²) in [5, 5.41) is 9.23. The van der Waals surface area contributed by atoms with Crippen LogP contribution in [0.3, 0.4) is 0 Å². The molecule has 0 saturated carbocycles. The van der Waals surface area contributed by atoms with E-state index in [1.54, 1.807) is 12.1 Å². The van der Waals surface area contributed by atoms with Crippen molar-refractivity contribution in [2.75, 3.05) is 0 Å². The fraction of sp³-hybridized carbons (Fsp3) is 0.300. The molecule has 2 nitrogen and oxygen atoms in total. The van der Waals surface area contributed by atoms with E-state index < -0.39 is 6.10 Å². The van der Waals surface area contributed by atoms with Crippen molar-refractivity contribution in [3.8, 4) is 11.8 Å². The zero-order valence-corrected chi connectivity index (χ0v) is 9.97. The molecule has 0 bridgehead atoms. The van der Waals surface area contributed by atoms with Gasteiger partial charge in [-0.1, -0.05) is 34.5 Å². The minimum atomic E-state index is -0.443. The van der Waals surface area contributed by atoms with Crippen molar-refractivity contribution in [3.63, 3.8) is 0 Å². The molecule has 1 unspecified atom stereocenters. The fourth-order valence-corrected chi connectivity index (χ4v) is 1.42. The van der Waals surface area contributed by atoms with E-state index in [2.05, 4.69) is 22.0 Å². The van der Waals surface area contributed by atoms with Crippen LogP contribution in [0.25, 0.3) is 0 Å². The zero-order chi connectivity index (χ0) is 10.6. The van der Waals surface area contributed by atoms with Gasteiger partial charge in [-0.3, -0.25) is 0 Å². The summed E-state index contributed by atoms with van der Waals surface area (Å²) in [5.74, 6) is 0.537. The number of nitriles is 1. The molecule has 0 amide bonds. The molecule has 4 heteroatoms. The summed E-state index contributed by atoms with van der Waals surface area (Å²) in [7, 11) is 0. The third-order valence-corrected chi connectivity index (χ3v) is 2.48. The smallest absolute Gasteiger partial charge is 0.184 e. The second-order valence-electron chi connectivity index (χ2n) is 2.72. The Balaban J connectivity index is 2.86. The Bertz CT molecular complexity index is 362. The zero-order valence-electron chi connectivity index (χ0n) is 7.63. The number of rotatable bonds is 3. The summed E-state index contributed by atoms with van der Waals surface area (Å²) >= 11 is 9.21.